The van der Waals surface area contributed by atoms with Crippen molar-refractivity contribution in [2.75, 3.05) is 26.3 Å². The van der Waals surface area contributed by atoms with Gasteiger partial charge in [-0.1, -0.05) is 18.2 Å². The molecule has 34 heavy (non-hydrogen) atoms. The fourth-order valence-corrected chi connectivity index (χ4v) is 4.81. The summed E-state index contributed by atoms with van der Waals surface area (Å²) in [7, 11) is 1.87. The van der Waals surface area contributed by atoms with Crippen molar-refractivity contribution in [3.8, 4) is 5.69 Å². The molecular weight excluding hydrogens is 434 g/mol. The predicted octanol–water partition coefficient (Wildman–Crippen LogP) is 3.00. The number of nitrogens with zero attached hydrogens (tertiary/aromatic N) is 3. The first-order valence-corrected chi connectivity index (χ1v) is 12.3. The summed E-state index contributed by atoms with van der Waals surface area (Å²) in [5.41, 5.74) is 2.20. The number of ether oxygens (including phenoxy) is 2. The van der Waals surface area contributed by atoms with Gasteiger partial charge >= 0.3 is 0 Å². The van der Waals surface area contributed by atoms with Gasteiger partial charge in [0.1, 0.15) is 0 Å². The number of allylic oxidation sites excluding steroid dienone is 1. The predicted molar refractivity (Wildman–Crippen MR) is 129 cm³/mol. The molecule has 0 saturated carbocycles. The molecule has 0 spiro atoms. The van der Waals surface area contributed by atoms with Gasteiger partial charge in [0.15, 0.2) is 5.76 Å². The minimum Gasteiger partial charge on any atom is -0.459 e. The summed E-state index contributed by atoms with van der Waals surface area (Å²) in [6, 6.07) is 9.54. The Morgan fingerprint density at radius 2 is 1.88 bits per heavy atom. The standard InChI is InChI=1S/C26H35N3O5/c1-19-24(26(32)29(27(19)2)21-11-5-3-6-12-21)20-17-22(25(31)28-13-7-4-8-14-28)34-23(18-20)33-16-10-9-15-30/h3,5-6,11-12,17,20,23,30H,4,7-10,13-16,18H2,1-2H3/t20-,23+/m1/s1. The van der Waals surface area contributed by atoms with Gasteiger partial charge in [-0.2, -0.15) is 0 Å². The maximum absolute atomic E-state index is 13.6. The van der Waals surface area contributed by atoms with Gasteiger partial charge in [-0.05, 0) is 57.2 Å². The van der Waals surface area contributed by atoms with Crippen molar-refractivity contribution in [3.05, 3.63) is 63.8 Å². The number of unbranched alkanes of at least 4 members (excludes halogenated alkanes) is 1. The number of amides is 1. The molecule has 0 aliphatic carbocycles. The Bertz CT molecular complexity index is 1070. The molecule has 1 amide bonds. The molecule has 2 aliphatic rings. The second-order valence-corrected chi connectivity index (χ2v) is 9.05. The van der Waals surface area contributed by atoms with E-state index in [4.69, 9.17) is 14.6 Å². The highest BCUT2D eigenvalue weighted by atomic mass is 16.7. The summed E-state index contributed by atoms with van der Waals surface area (Å²) in [6.45, 7) is 3.90. The minimum atomic E-state index is -0.624. The molecular formula is C26H35N3O5. The summed E-state index contributed by atoms with van der Waals surface area (Å²) in [4.78, 5) is 28.7. The highest BCUT2D eigenvalue weighted by Gasteiger charge is 2.34. The Labute approximate surface area is 200 Å². The van der Waals surface area contributed by atoms with E-state index in [1.807, 2.05) is 60.0 Å². The largest absolute Gasteiger partial charge is 0.459 e. The van der Waals surface area contributed by atoms with E-state index in [9.17, 15) is 9.59 Å². The van der Waals surface area contributed by atoms with Gasteiger partial charge in [-0.25, -0.2) is 4.68 Å². The van der Waals surface area contributed by atoms with Crippen LogP contribution in [0.15, 0.2) is 47.0 Å². The van der Waals surface area contributed by atoms with E-state index >= 15 is 0 Å². The molecule has 2 aromatic rings. The van der Waals surface area contributed by atoms with Gasteiger partial charge in [0, 0.05) is 50.3 Å². The van der Waals surface area contributed by atoms with E-state index in [1.54, 1.807) is 4.68 Å². The fraction of sp³-hybridized carbons (Fsp3) is 0.538. The molecule has 8 heteroatoms. The molecule has 4 rings (SSSR count). The molecule has 3 heterocycles. The lowest BCUT2D eigenvalue weighted by Crippen LogP contribution is -2.39. The van der Waals surface area contributed by atoms with Crippen LogP contribution in [0.25, 0.3) is 5.69 Å². The lowest BCUT2D eigenvalue weighted by atomic mass is 9.93. The van der Waals surface area contributed by atoms with Crippen LogP contribution in [-0.4, -0.2) is 57.9 Å². The van der Waals surface area contributed by atoms with E-state index in [0.717, 1.165) is 43.7 Å². The Morgan fingerprint density at radius 1 is 1.15 bits per heavy atom. The number of aliphatic hydroxyl groups excluding tert-OH is 1. The van der Waals surface area contributed by atoms with E-state index in [1.165, 1.54) is 0 Å². The van der Waals surface area contributed by atoms with Crippen molar-refractivity contribution < 1.29 is 19.4 Å². The first kappa shape index (κ1) is 24.3. The fourth-order valence-electron chi connectivity index (χ4n) is 4.81. The quantitative estimate of drug-likeness (QED) is 0.601. The third-order valence-corrected chi connectivity index (χ3v) is 6.74. The second kappa shape index (κ2) is 11.1. The molecule has 1 aromatic carbocycles. The van der Waals surface area contributed by atoms with Crippen LogP contribution in [0, 0.1) is 6.92 Å². The van der Waals surface area contributed by atoms with E-state index in [-0.39, 0.29) is 29.8 Å². The smallest absolute Gasteiger partial charge is 0.288 e. The van der Waals surface area contributed by atoms with Crippen molar-refractivity contribution in [2.24, 2.45) is 7.05 Å². The summed E-state index contributed by atoms with van der Waals surface area (Å²) < 4.78 is 15.5. The Hall–Kier alpha value is -2.84. The molecule has 1 aromatic heterocycles. The third kappa shape index (κ3) is 5.13. The number of hydrogen-bond donors (Lipinski definition) is 1. The summed E-state index contributed by atoms with van der Waals surface area (Å²) in [5, 5.41) is 9.05. The number of carbonyl (C=O) groups excluding carboxylic acids is 1. The van der Waals surface area contributed by atoms with Gasteiger partial charge in [-0.15, -0.1) is 0 Å². The van der Waals surface area contributed by atoms with Crippen molar-refractivity contribution in [3.63, 3.8) is 0 Å². The molecule has 0 bridgehead atoms. The molecule has 0 unspecified atom stereocenters. The third-order valence-electron chi connectivity index (χ3n) is 6.74. The van der Waals surface area contributed by atoms with Crippen molar-refractivity contribution in [1.29, 1.82) is 0 Å². The second-order valence-electron chi connectivity index (χ2n) is 9.05. The number of para-hydroxylation sites is 1. The Morgan fingerprint density at radius 3 is 2.59 bits per heavy atom. The van der Waals surface area contributed by atoms with Crippen LogP contribution < -0.4 is 5.56 Å². The highest BCUT2D eigenvalue weighted by Crippen LogP contribution is 2.33. The zero-order valence-corrected chi connectivity index (χ0v) is 20.1. The number of rotatable bonds is 8. The number of aromatic nitrogens is 2. The molecule has 0 radical (unpaired) electrons. The lowest BCUT2D eigenvalue weighted by Gasteiger charge is -2.32. The first-order valence-electron chi connectivity index (χ1n) is 12.3. The monoisotopic (exact) mass is 469 g/mol. The zero-order chi connectivity index (χ0) is 24.1. The number of likely N-dealkylation sites (tertiary alicyclic amines) is 1. The number of piperidine rings is 1. The summed E-state index contributed by atoms with van der Waals surface area (Å²) >= 11 is 0. The van der Waals surface area contributed by atoms with Crippen LogP contribution in [0.4, 0.5) is 0 Å². The molecule has 1 saturated heterocycles. The van der Waals surface area contributed by atoms with Gasteiger partial charge in [0.05, 0.1) is 12.3 Å². The average Bonchev–Trinajstić information content (AvgIpc) is 3.10. The van der Waals surface area contributed by atoms with E-state index in [2.05, 4.69) is 0 Å². The zero-order valence-electron chi connectivity index (χ0n) is 20.1. The molecule has 1 fully saturated rings. The maximum Gasteiger partial charge on any atom is 0.288 e. The van der Waals surface area contributed by atoms with Crippen molar-refractivity contribution in [2.45, 2.75) is 57.7 Å². The SMILES string of the molecule is Cc1c([C@@H]2C=C(C(=O)N3CCCCC3)O[C@H](OCCCCO)C2)c(=O)n(-c2ccccc2)n1C. The van der Waals surface area contributed by atoms with Crippen LogP contribution in [0.3, 0.4) is 0 Å². The number of hydrogen-bond acceptors (Lipinski definition) is 5. The van der Waals surface area contributed by atoms with E-state index < -0.39 is 6.29 Å². The first-order chi connectivity index (χ1) is 16.5. The maximum atomic E-state index is 13.6. The number of benzene rings is 1. The topological polar surface area (TPSA) is 85.9 Å². The average molecular weight is 470 g/mol. The van der Waals surface area contributed by atoms with Gasteiger partial charge < -0.3 is 19.5 Å². The van der Waals surface area contributed by atoms with Gasteiger partial charge in [0.25, 0.3) is 11.5 Å². The molecule has 2 aliphatic heterocycles. The molecule has 2 atom stereocenters. The van der Waals surface area contributed by atoms with Crippen molar-refractivity contribution >= 4 is 5.91 Å². The summed E-state index contributed by atoms with van der Waals surface area (Å²) in [6.07, 6.45) is 6.09. The summed E-state index contributed by atoms with van der Waals surface area (Å²) in [5.74, 6) is -0.173. The number of carbonyl (C=O) groups is 1. The Balaban J connectivity index is 1.67. The van der Waals surface area contributed by atoms with E-state index in [0.29, 0.717) is 31.4 Å². The molecule has 1 N–H and O–H groups in total. The lowest BCUT2D eigenvalue weighted by molar-refractivity contribution is -0.153. The van der Waals surface area contributed by atoms with Crippen LogP contribution in [0.1, 0.15) is 55.7 Å². The van der Waals surface area contributed by atoms with Crippen LogP contribution in [0.2, 0.25) is 0 Å². The number of aliphatic hydroxyl groups is 1. The van der Waals surface area contributed by atoms with Crippen LogP contribution in [0.5, 0.6) is 0 Å². The molecule has 184 valence electrons. The van der Waals surface area contributed by atoms with Gasteiger partial charge in [-0.3, -0.25) is 14.3 Å². The van der Waals surface area contributed by atoms with Crippen LogP contribution >= 0.6 is 0 Å². The van der Waals surface area contributed by atoms with Crippen LogP contribution in [-0.2, 0) is 21.3 Å². The normalized spacial score (nSPS) is 20.7. The Kier molecular flexibility index (Phi) is 7.90. The van der Waals surface area contributed by atoms with Crippen molar-refractivity contribution in [1.82, 2.24) is 14.3 Å². The molecule has 8 nitrogen and oxygen atoms in total. The van der Waals surface area contributed by atoms with Gasteiger partial charge in [0.2, 0.25) is 6.29 Å². The minimum absolute atomic E-state index is 0.0989. The highest BCUT2D eigenvalue weighted by molar-refractivity contribution is 5.91.